The van der Waals surface area contributed by atoms with Gasteiger partial charge in [0, 0.05) is 29.6 Å². The standard InChI is InChI=1S/C36H39Cl2N3O4S/c1-25(2)22-39-36(43)34(20-28-10-6-5-7-11-28)40(23-29-12-8-9-13-32(29)38)35(42)24-41(33-21-30(37)17-16-27(33)4)46(44,45)31-18-14-26(3)15-19-31/h5-19,21,25,34H,20,22-24H2,1-4H3,(H,39,43). The van der Waals surface area contributed by atoms with Crippen LogP contribution in [0, 0.1) is 19.8 Å². The van der Waals surface area contributed by atoms with E-state index in [0.29, 0.717) is 27.7 Å². The fraction of sp³-hybridized carbons (Fsp3) is 0.278. The van der Waals surface area contributed by atoms with E-state index in [9.17, 15) is 18.0 Å². The molecule has 0 spiro atoms. The normalized spacial score (nSPS) is 12.1. The SMILES string of the molecule is Cc1ccc(S(=O)(=O)N(CC(=O)N(Cc2ccccc2Cl)C(Cc2ccccc2)C(=O)NCC(C)C)c2cc(Cl)ccc2C)cc1. The highest BCUT2D eigenvalue weighted by molar-refractivity contribution is 7.92. The minimum absolute atomic E-state index is 0.0158. The molecule has 4 rings (SSSR count). The number of rotatable bonds is 13. The maximum Gasteiger partial charge on any atom is 0.264 e. The van der Waals surface area contributed by atoms with Gasteiger partial charge in [-0.2, -0.15) is 0 Å². The lowest BCUT2D eigenvalue weighted by Crippen LogP contribution is -2.53. The summed E-state index contributed by atoms with van der Waals surface area (Å²) in [6.45, 7) is 7.41. The minimum Gasteiger partial charge on any atom is -0.354 e. The molecule has 0 bridgehead atoms. The molecule has 46 heavy (non-hydrogen) atoms. The van der Waals surface area contributed by atoms with Crippen molar-refractivity contribution in [1.29, 1.82) is 0 Å². The van der Waals surface area contributed by atoms with Gasteiger partial charge in [0.15, 0.2) is 0 Å². The molecular weight excluding hydrogens is 641 g/mol. The number of nitrogens with zero attached hydrogens (tertiary/aromatic N) is 2. The van der Waals surface area contributed by atoms with Crippen LogP contribution in [-0.4, -0.2) is 44.3 Å². The molecule has 0 aromatic heterocycles. The average Bonchev–Trinajstić information content (AvgIpc) is 3.03. The molecule has 0 saturated carbocycles. The molecule has 0 fully saturated rings. The van der Waals surface area contributed by atoms with Crippen molar-refractivity contribution in [3.8, 4) is 0 Å². The van der Waals surface area contributed by atoms with Gasteiger partial charge in [-0.15, -0.1) is 0 Å². The summed E-state index contributed by atoms with van der Waals surface area (Å²) in [5, 5.41) is 3.73. The first-order chi connectivity index (χ1) is 21.9. The lowest BCUT2D eigenvalue weighted by atomic mass is 10.0. The van der Waals surface area contributed by atoms with Gasteiger partial charge in [0.1, 0.15) is 12.6 Å². The van der Waals surface area contributed by atoms with E-state index in [1.54, 1.807) is 55.5 Å². The first-order valence-electron chi connectivity index (χ1n) is 15.1. The lowest BCUT2D eigenvalue weighted by Gasteiger charge is -2.34. The third-order valence-electron chi connectivity index (χ3n) is 7.58. The number of anilines is 1. The Morgan fingerprint density at radius 3 is 2.15 bits per heavy atom. The second-order valence-electron chi connectivity index (χ2n) is 11.7. The molecule has 7 nitrogen and oxygen atoms in total. The van der Waals surface area contributed by atoms with Crippen LogP contribution in [0.5, 0.6) is 0 Å². The van der Waals surface area contributed by atoms with Crippen molar-refractivity contribution < 1.29 is 18.0 Å². The number of nitrogens with one attached hydrogen (secondary N) is 1. The summed E-state index contributed by atoms with van der Waals surface area (Å²) < 4.78 is 29.6. The van der Waals surface area contributed by atoms with Crippen LogP contribution in [0.25, 0.3) is 0 Å². The highest BCUT2D eigenvalue weighted by atomic mass is 35.5. The molecule has 1 unspecified atom stereocenters. The zero-order valence-electron chi connectivity index (χ0n) is 26.4. The van der Waals surface area contributed by atoms with E-state index >= 15 is 0 Å². The van der Waals surface area contributed by atoms with Gasteiger partial charge >= 0.3 is 0 Å². The molecule has 10 heteroatoms. The van der Waals surface area contributed by atoms with Crippen molar-refractivity contribution in [2.45, 2.75) is 51.6 Å². The Morgan fingerprint density at radius 2 is 1.50 bits per heavy atom. The highest BCUT2D eigenvalue weighted by Crippen LogP contribution is 2.30. The third-order valence-corrected chi connectivity index (χ3v) is 9.96. The van der Waals surface area contributed by atoms with E-state index in [1.165, 1.54) is 23.1 Å². The van der Waals surface area contributed by atoms with Crippen molar-refractivity contribution >= 4 is 50.7 Å². The molecule has 0 heterocycles. The number of hydrogen-bond donors (Lipinski definition) is 1. The van der Waals surface area contributed by atoms with E-state index < -0.39 is 28.5 Å². The molecule has 2 amide bonds. The van der Waals surface area contributed by atoms with Crippen molar-refractivity contribution in [2.75, 3.05) is 17.4 Å². The average molecular weight is 681 g/mol. The first-order valence-corrected chi connectivity index (χ1v) is 17.3. The number of aryl methyl sites for hydroxylation is 2. The third kappa shape index (κ3) is 8.90. The zero-order valence-corrected chi connectivity index (χ0v) is 28.7. The Hall–Kier alpha value is -3.85. The maximum absolute atomic E-state index is 14.6. The van der Waals surface area contributed by atoms with Crippen LogP contribution in [0.2, 0.25) is 10.0 Å². The van der Waals surface area contributed by atoms with Crippen LogP contribution in [0.4, 0.5) is 5.69 Å². The Balaban J connectivity index is 1.84. The van der Waals surface area contributed by atoms with E-state index in [-0.39, 0.29) is 35.4 Å². The first kappa shape index (κ1) is 35.0. The summed E-state index contributed by atoms with van der Waals surface area (Å²) in [6.07, 6.45) is 0.210. The van der Waals surface area contributed by atoms with Gasteiger partial charge in [-0.1, -0.05) is 109 Å². The van der Waals surface area contributed by atoms with E-state index in [4.69, 9.17) is 23.2 Å². The summed E-state index contributed by atoms with van der Waals surface area (Å²) in [7, 11) is -4.25. The van der Waals surface area contributed by atoms with E-state index in [2.05, 4.69) is 5.32 Å². The van der Waals surface area contributed by atoms with Crippen LogP contribution in [0.15, 0.2) is 102 Å². The van der Waals surface area contributed by atoms with Gasteiger partial charge in [-0.25, -0.2) is 8.42 Å². The predicted octanol–water partition coefficient (Wildman–Crippen LogP) is 7.22. The number of carbonyl (C=O) groups is 2. The highest BCUT2D eigenvalue weighted by Gasteiger charge is 2.35. The quantitative estimate of drug-likeness (QED) is 0.162. The topological polar surface area (TPSA) is 86.8 Å². The summed E-state index contributed by atoms with van der Waals surface area (Å²) in [5.74, 6) is -0.740. The van der Waals surface area contributed by atoms with Crippen molar-refractivity contribution in [2.24, 2.45) is 5.92 Å². The molecule has 1 atom stereocenters. The van der Waals surface area contributed by atoms with Crippen LogP contribution in [0.1, 0.15) is 36.1 Å². The molecule has 0 aliphatic heterocycles. The molecule has 0 radical (unpaired) electrons. The van der Waals surface area contributed by atoms with Gasteiger partial charge in [0.2, 0.25) is 11.8 Å². The van der Waals surface area contributed by atoms with Gasteiger partial charge in [0.25, 0.3) is 10.0 Å². The van der Waals surface area contributed by atoms with Crippen LogP contribution < -0.4 is 9.62 Å². The molecular formula is C36H39Cl2N3O4S. The van der Waals surface area contributed by atoms with E-state index in [0.717, 1.165) is 15.4 Å². The second-order valence-corrected chi connectivity index (χ2v) is 14.4. The van der Waals surface area contributed by atoms with Gasteiger partial charge in [-0.3, -0.25) is 13.9 Å². The number of amides is 2. The number of hydrogen-bond acceptors (Lipinski definition) is 4. The summed E-state index contributed by atoms with van der Waals surface area (Å²) in [5.41, 5.74) is 3.24. The van der Waals surface area contributed by atoms with Crippen molar-refractivity contribution in [1.82, 2.24) is 10.2 Å². The Bertz CT molecular complexity index is 1760. The van der Waals surface area contributed by atoms with Crippen LogP contribution in [0.3, 0.4) is 0 Å². The summed E-state index contributed by atoms with van der Waals surface area (Å²) in [4.78, 5) is 30.0. The lowest BCUT2D eigenvalue weighted by molar-refractivity contribution is -0.140. The van der Waals surface area contributed by atoms with Crippen molar-refractivity contribution in [3.05, 3.63) is 129 Å². The number of carbonyl (C=O) groups excluding carboxylic acids is 2. The van der Waals surface area contributed by atoms with Gasteiger partial charge < -0.3 is 10.2 Å². The number of sulfonamides is 1. The molecule has 0 aliphatic rings. The monoisotopic (exact) mass is 679 g/mol. The zero-order chi connectivity index (χ0) is 33.4. The number of benzene rings is 4. The Kier molecular flexibility index (Phi) is 11.9. The molecule has 242 valence electrons. The molecule has 4 aromatic carbocycles. The largest absolute Gasteiger partial charge is 0.354 e. The number of halogens is 2. The molecule has 4 aromatic rings. The maximum atomic E-state index is 14.6. The fourth-order valence-corrected chi connectivity index (χ4v) is 6.82. The van der Waals surface area contributed by atoms with Gasteiger partial charge in [-0.05, 0) is 66.8 Å². The minimum atomic E-state index is -4.25. The molecule has 1 N–H and O–H groups in total. The van der Waals surface area contributed by atoms with Crippen LogP contribution in [-0.2, 0) is 32.6 Å². The van der Waals surface area contributed by atoms with Crippen LogP contribution >= 0.6 is 23.2 Å². The molecule has 0 saturated heterocycles. The smallest absolute Gasteiger partial charge is 0.264 e. The predicted molar refractivity (Wildman–Crippen MR) is 186 cm³/mol. The molecule has 0 aliphatic carbocycles. The Morgan fingerprint density at radius 1 is 0.848 bits per heavy atom. The fourth-order valence-electron chi connectivity index (χ4n) is 4.99. The summed E-state index contributed by atoms with van der Waals surface area (Å²) in [6, 6.07) is 26.9. The summed E-state index contributed by atoms with van der Waals surface area (Å²) >= 11 is 12.9. The second kappa shape index (κ2) is 15.6. The van der Waals surface area contributed by atoms with E-state index in [1.807, 2.05) is 51.1 Å². The Labute approximate surface area is 282 Å². The van der Waals surface area contributed by atoms with Crippen molar-refractivity contribution in [3.63, 3.8) is 0 Å². The van der Waals surface area contributed by atoms with Gasteiger partial charge in [0.05, 0.1) is 10.6 Å².